The first-order valence-electron chi connectivity index (χ1n) is 6.26. The number of hydrogen-bond donors (Lipinski definition) is 0. The van der Waals surface area contributed by atoms with Crippen molar-refractivity contribution >= 4 is 17.7 Å². The second-order valence-electron chi connectivity index (χ2n) is 5.52. The SMILES string of the molecule is C[C@H](CSc1ccccc1)CC(=O)OC(C)(C)C. The molecule has 2 nitrogen and oxygen atoms in total. The molecule has 0 aliphatic carbocycles. The standard InChI is InChI=1S/C15H22O2S/c1-12(10-14(16)17-15(2,3)4)11-18-13-8-6-5-7-9-13/h5-9,12H,10-11H2,1-4H3/t12-/m0/s1. The Bertz CT molecular complexity index is 368. The van der Waals surface area contributed by atoms with Crippen molar-refractivity contribution in [3.05, 3.63) is 30.3 Å². The highest BCUT2D eigenvalue weighted by molar-refractivity contribution is 7.99. The lowest BCUT2D eigenvalue weighted by molar-refractivity contribution is -0.155. The van der Waals surface area contributed by atoms with Gasteiger partial charge in [0.1, 0.15) is 5.60 Å². The molecule has 0 radical (unpaired) electrons. The zero-order valence-corrected chi connectivity index (χ0v) is 12.4. The lowest BCUT2D eigenvalue weighted by Crippen LogP contribution is -2.25. The Hall–Kier alpha value is -0.960. The van der Waals surface area contributed by atoms with E-state index in [1.54, 1.807) is 11.8 Å². The smallest absolute Gasteiger partial charge is 0.306 e. The van der Waals surface area contributed by atoms with Crippen molar-refractivity contribution in [2.75, 3.05) is 5.75 Å². The monoisotopic (exact) mass is 266 g/mol. The van der Waals surface area contributed by atoms with Gasteiger partial charge in [0.15, 0.2) is 0 Å². The molecule has 0 spiro atoms. The van der Waals surface area contributed by atoms with Gasteiger partial charge in [-0.05, 0) is 38.8 Å². The van der Waals surface area contributed by atoms with Gasteiger partial charge in [0.2, 0.25) is 0 Å². The maximum atomic E-state index is 11.6. The van der Waals surface area contributed by atoms with Gasteiger partial charge in [-0.15, -0.1) is 11.8 Å². The van der Waals surface area contributed by atoms with E-state index in [-0.39, 0.29) is 11.6 Å². The Kier molecular flexibility index (Phi) is 5.73. The third-order valence-electron chi connectivity index (χ3n) is 2.21. The third kappa shape index (κ3) is 6.70. The zero-order chi connectivity index (χ0) is 13.6. The highest BCUT2D eigenvalue weighted by atomic mass is 32.2. The molecule has 1 rings (SSSR count). The second-order valence-corrected chi connectivity index (χ2v) is 6.61. The van der Waals surface area contributed by atoms with E-state index in [1.165, 1.54) is 4.90 Å². The molecule has 0 fully saturated rings. The summed E-state index contributed by atoms with van der Waals surface area (Å²) in [5.74, 6) is 1.15. The summed E-state index contributed by atoms with van der Waals surface area (Å²) < 4.78 is 5.31. The van der Waals surface area contributed by atoms with E-state index in [2.05, 4.69) is 19.1 Å². The number of thioether (sulfide) groups is 1. The van der Waals surface area contributed by atoms with Gasteiger partial charge >= 0.3 is 5.97 Å². The molecule has 18 heavy (non-hydrogen) atoms. The average Bonchev–Trinajstić information content (AvgIpc) is 2.25. The van der Waals surface area contributed by atoms with Crippen LogP contribution < -0.4 is 0 Å². The first kappa shape index (κ1) is 15.1. The average molecular weight is 266 g/mol. The minimum absolute atomic E-state index is 0.108. The Morgan fingerprint density at radius 2 is 1.89 bits per heavy atom. The van der Waals surface area contributed by atoms with Crippen LogP contribution >= 0.6 is 11.8 Å². The molecular weight excluding hydrogens is 244 g/mol. The van der Waals surface area contributed by atoms with Crippen LogP contribution in [0.1, 0.15) is 34.1 Å². The predicted molar refractivity (Wildman–Crippen MR) is 76.8 cm³/mol. The summed E-state index contributed by atoms with van der Waals surface area (Å²) in [6.07, 6.45) is 0.483. The lowest BCUT2D eigenvalue weighted by Gasteiger charge is -2.20. The fourth-order valence-corrected chi connectivity index (χ4v) is 2.43. The highest BCUT2D eigenvalue weighted by Crippen LogP contribution is 2.22. The normalized spacial score (nSPS) is 13.1. The molecule has 0 amide bonds. The fourth-order valence-electron chi connectivity index (χ4n) is 1.48. The van der Waals surface area contributed by atoms with Crippen LogP contribution in [0.25, 0.3) is 0 Å². The molecule has 0 aromatic heterocycles. The summed E-state index contributed by atoms with van der Waals surface area (Å²) >= 11 is 1.78. The number of carbonyl (C=O) groups excluding carboxylic acids is 1. The molecule has 100 valence electrons. The van der Waals surface area contributed by atoms with Crippen molar-refractivity contribution < 1.29 is 9.53 Å². The van der Waals surface area contributed by atoms with Crippen LogP contribution in [0.3, 0.4) is 0 Å². The van der Waals surface area contributed by atoms with Crippen LogP contribution in [0.4, 0.5) is 0 Å². The molecule has 1 aromatic rings. The maximum Gasteiger partial charge on any atom is 0.306 e. The van der Waals surface area contributed by atoms with E-state index in [0.29, 0.717) is 12.3 Å². The molecular formula is C15H22O2S. The van der Waals surface area contributed by atoms with Gasteiger partial charge < -0.3 is 4.74 Å². The van der Waals surface area contributed by atoms with E-state index < -0.39 is 0 Å². The Morgan fingerprint density at radius 3 is 2.44 bits per heavy atom. The Balaban J connectivity index is 2.29. The summed E-state index contributed by atoms with van der Waals surface area (Å²) in [5.41, 5.74) is -0.386. The highest BCUT2D eigenvalue weighted by Gasteiger charge is 2.18. The predicted octanol–water partition coefficient (Wildman–Crippen LogP) is 4.15. The minimum Gasteiger partial charge on any atom is -0.460 e. The van der Waals surface area contributed by atoms with Crippen molar-refractivity contribution in [3.63, 3.8) is 0 Å². The molecule has 0 N–H and O–H groups in total. The van der Waals surface area contributed by atoms with E-state index >= 15 is 0 Å². The summed E-state index contributed by atoms with van der Waals surface area (Å²) in [4.78, 5) is 12.9. The van der Waals surface area contributed by atoms with Crippen LogP contribution in [-0.4, -0.2) is 17.3 Å². The van der Waals surface area contributed by atoms with Gasteiger partial charge in [-0.2, -0.15) is 0 Å². The minimum atomic E-state index is -0.386. The summed E-state index contributed by atoms with van der Waals surface area (Å²) in [7, 11) is 0. The van der Waals surface area contributed by atoms with Crippen molar-refractivity contribution in [2.24, 2.45) is 5.92 Å². The number of carbonyl (C=O) groups is 1. The van der Waals surface area contributed by atoms with Crippen molar-refractivity contribution in [3.8, 4) is 0 Å². The van der Waals surface area contributed by atoms with Crippen molar-refractivity contribution in [2.45, 2.75) is 44.6 Å². The zero-order valence-electron chi connectivity index (χ0n) is 11.6. The number of hydrogen-bond acceptors (Lipinski definition) is 3. The molecule has 0 saturated heterocycles. The van der Waals surface area contributed by atoms with E-state index in [4.69, 9.17) is 4.74 Å². The summed E-state index contributed by atoms with van der Waals surface area (Å²) in [6, 6.07) is 10.2. The van der Waals surface area contributed by atoms with Gasteiger partial charge in [-0.25, -0.2) is 0 Å². The molecule has 0 aliphatic heterocycles. The Labute approximate surface area is 114 Å². The lowest BCUT2D eigenvalue weighted by atomic mass is 10.1. The number of rotatable bonds is 5. The van der Waals surface area contributed by atoms with Gasteiger partial charge in [0.25, 0.3) is 0 Å². The summed E-state index contributed by atoms with van der Waals surface area (Å²) in [6.45, 7) is 7.77. The maximum absolute atomic E-state index is 11.6. The van der Waals surface area contributed by atoms with Crippen LogP contribution in [0.2, 0.25) is 0 Å². The largest absolute Gasteiger partial charge is 0.460 e. The summed E-state index contributed by atoms with van der Waals surface area (Å²) in [5, 5.41) is 0. The van der Waals surface area contributed by atoms with Gasteiger partial charge in [0.05, 0.1) is 0 Å². The molecule has 0 heterocycles. The molecule has 0 unspecified atom stereocenters. The van der Waals surface area contributed by atoms with Gasteiger partial charge in [-0.3, -0.25) is 4.79 Å². The van der Waals surface area contributed by atoms with Crippen LogP contribution in [-0.2, 0) is 9.53 Å². The van der Waals surface area contributed by atoms with Crippen LogP contribution in [0.15, 0.2) is 35.2 Å². The Morgan fingerprint density at radius 1 is 1.28 bits per heavy atom. The topological polar surface area (TPSA) is 26.3 Å². The van der Waals surface area contributed by atoms with E-state index in [9.17, 15) is 4.79 Å². The quantitative estimate of drug-likeness (QED) is 0.591. The van der Waals surface area contributed by atoms with Crippen molar-refractivity contribution in [1.29, 1.82) is 0 Å². The molecule has 0 aliphatic rings. The number of benzene rings is 1. The second kappa shape index (κ2) is 6.83. The molecule has 1 atom stereocenters. The van der Waals surface area contributed by atoms with Gasteiger partial charge in [-0.1, -0.05) is 25.1 Å². The molecule has 1 aromatic carbocycles. The van der Waals surface area contributed by atoms with Crippen LogP contribution in [0.5, 0.6) is 0 Å². The van der Waals surface area contributed by atoms with Crippen LogP contribution in [0, 0.1) is 5.92 Å². The van der Waals surface area contributed by atoms with Crippen molar-refractivity contribution in [1.82, 2.24) is 0 Å². The first-order chi connectivity index (χ1) is 8.37. The first-order valence-corrected chi connectivity index (χ1v) is 7.25. The third-order valence-corrected chi connectivity index (χ3v) is 3.55. The number of esters is 1. The number of ether oxygens (including phenoxy) is 1. The molecule has 0 saturated carbocycles. The molecule has 0 bridgehead atoms. The van der Waals surface area contributed by atoms with E-state index in [0.717, 1.165) is 5.75 Å². The van der Waals surface area contributed by atoms with E-state index in [1.807, 2.05) is 39.0 Å². The fraction of sp³-hybridized carbons (Fsp3) is 0.533. The molecule has 3 heteroatoms. The van der Waals surface area contributed by atoms with Gasteiger partial charge in [0, 0.05) is 17.1 Å².